The van der Waals surface area contributed by atoms with Gasteiger partial charge in [0.15, 0.2) is 5.75 Å². The minimum Gasteiger partial charge on any atom is -0.487 e. The summed E-state index contributed by atoms with van der Waals surface area (Å²) in [6, 6.07) is 14.5. The van der Waals surface area contributed by atoms with Crippen LogP contribution >= 0.6 is 0 Å². The van der Waals surface area contributed by atoms with E-state index < -0.39 is 4.92 Å². The Labute approximate surface area is 190 Å². The monoisotopic (exact) mass is 443 g/mol. The molecule has 0 aliphatic carbocycles. The molecule has 174 valence electrons. The summed E-state index contributed by atoms with van der Waals surface area (Å²) in [5.41, 5.74) is 2.16. The number of esters is 1. The number of para-hydroxylation sites is 2. The molecule has 0 spiro atoms. The van der Waals surface area contributed by atoms with Gasteiger partial charge < -0.3 is 9.47 Å². The summed E-state index contributed by atoms with van der Waals surface area (Å²) < 4.78 is 11.6. The number of unbranched alkanes of at least 4 members (excludes halogenated alkanes) is 5. The summed E-state index contributed by atoms with van der Waals surface area (Å²) >= 11 is 0. The van der Waals surface area contributed by atoms with Crippen LogP contribution in [0, 0.1) is 10.1 Å². The Kier molecular flexibility index (Phi) is 10.1. The molecule has 0 amide bonds. The van der Waals surface area contributed by atoms with Crippen LogP contribution in [0.25, 0.3) is 0 Å². The molecule has 0 radical (unpaired) electrons. The molecule has 0 unspecified atom stereocenters. The van der Waals surface area contributed by atoms with Gasteiger partial charge in [0.2, 0.25) is 0 Å². The average Bonchev–Trinajstić information content (AvgIpc) is 2.75. The van der Waals surface area contributed by atoms with E-state index in [0.29, 0.717) is 25.4 Å². The van der Waals surface area contributed by atoms with E-state index in [1.54, 1.807) is 18.2 Å². The van der Waals surface area contributed by atoms with E-state index in [-0.39, 0.29) is 11.7 Å². The molecular formula is C25H35N2O5+. The average molecular weight is 444 g/mol. The van der Waals surface area contributed by atoms with Gasteiger partial charge in [-0.1, -0.05) is 49.9 Å². The van der Waals surface area contributed by atoms with Crippen LogP contribution in [0.15, 0.2) is 48.5 Å². The minimum absolute atomic E-state index is 0.00298. The number of nitro benzene ring substituents is 1. The van der Waals surface area contributed by atoms with Gasteiger partial charge in [-0.05, 0) is 36.6 Å². The van der Waals surface area contributed by atoms with Gasteiger partial charge in [-0.3, -0.25) is 19.4 Å². The topological polar surface area (TPSA) is 78.7 Å². The molecule has 7 heteroatoms. The van der Waals surface area contributed by atoms with E-state index in [1.807, 2.05) is 12.1 Å². The number of hydrogen-bond acceptors (Lipinski definition) is 5. The number of quaternary nitrogens is 1. The molecule has 2 aromatic rings. The number of hydrogen-bond donors (Lipinski definition) is 0. The zero-order chi connectivity index (χ0) is 23.4. The molecule has 0 atom stereocenters. The minimum atomic E-state index is -0.426. The van der Waals surface area contributed by atoms with Crippen LogP contribution in [0.2, 0.25) is 0 Å². The fourth-order valence-electron chi connectivity index (χ4n) is 3.29. The SMILES string of the molecule is C[N+](C)(C)c1ccc(CC(=O)OCCCCCCCCOc2ccccc2[N+](=O)[O-])cc1. The predicted molar refractivity (Wildman–Crippen MR) is 127 cm³/mol. The number of nitrogens with zero attached hydrogens (tertiary/aromatic N) is 2. The molecule has 0 heterocycles. The van der Waals surface area contributed by atoms with Gasteiger partial charge in [-0.25, -0.2) is 0 Å². The molecule has 0 aliphatic heterocycles. The maximum Gasteiger partial charge on any atom is 0.310 e. The zero-order valence-electron chi connectivity index (χ0n) is 19.4. The second-order valence-electron chi connectivity index (χ2n) is 8.77. The Morgan fingerprint density at radius 3 is 2.09 bits per heavy atom. The number of carbonyl (C=O) groups is 1. The highest BCUT2D eigenvalue weighted by Gasteiger charge is 2.13. The fraction of sp³-hybridized carbons (Fsp3) is 0.480. The van der Waals surface area contributed by atoms with Crippen LogP contribution in [0.1, 0.15) is 44.1 Å². The molecule has 0 saturated carbocycles. The highest BCUT2D eigenvalue weighted by molar-refractivity contribution is 5.72. The van der Waals surface area contributed by atoms with E-state index >= 15 is 0 Å². The second-order valence-corrected chi connectivity index (χ2v) is 8.77. The maximum absolute atomic E-state index is 12.0. The third-order valence-electron chi connectivity index (χ3n) is 5.18. The molecule has 2 aromatic carbocycles. The van der Waals surface area contributed by atoms with Crippen LogP contribution in [-0.4, -0.2) is 45.2 Å². The van der Waals surface area contributed by atoms with Crippen LogP contribution in [0.4, 0.5) is 11.4 Å². The van der Waals surface area contributed by atoms with Gasteiger partial charge in [-0.15, -0.1) is 0 Å². The van der Waals surface area contributed by atoms with Crippen molar-refractivity contribution in [3.05, 3.63) is 64.2 Å². The third-order valence-corrected chi connectivity index (χ3v) is 5.18. The Morgan fingerprint density at radius 1 is 0.875 bits per heavy atom. The summed E-state index contributed by atoms with van der Waals surface area (Å²) in [5, 5.41) is 11.0. The summed E-state index contributed by atoms with van der Waals surface area (Å²) in [7, 11) is 6.32. The lowest BCUT2D eigenvalue weighted by Crippen LogP contribution is -2.34. The van der Waals surface area contributed by atoms with E-state index in [9.17, 15) is 14.9 Å². The van der Waals surface area contributed by atoms with E-state index in [1.165, 1.54) is 11.8 Å². The predicted octanol–water partition coefficient (Wildman–Crippen LogP) is 5.30. The summed E-state index contributed by atoms with van der Waals surface area (Å²) in [5.74, 6) is 0.138. The van der Waals surface area contributed by atoms with Crippen molar-refractivity contribution < 1.29 is 19.2 Å². The largest absolute Gasteiger partial charge is 0.487 e. The lowest BCUT2D eigenvalue weighted by atomic mass is 10.1. The molecule has 0 fully saturated rings. The van der Waals surface area contributed by atoms with E-state index in [4.69, 9.17) is 9.47 Å². The van der Waals surface area contributed by atoms with Crippen molar-refractivity contribution in [3.8, 4) is 5.75 Å². The first-order valence-corrected chi connectivity index (χ1v) is 11.2. The van der Waals surface area contributed by atoms with Crippen molar-refractivity contribution in [2.45, 2.75) is 44.9 Å². The quantitative estimate of drug-likeness (QED) is 0.130. The summed E-state index contributed by atoms with van der Waals surface area (Å²) in [6.07, 6.45) is 6.16. The molecule has 0 saturated heterocycles. The standard InChI is InChI=1S/C25H35N2O5/c1-27(2,3)22-16-14-21(15-17-22)20-25(28)32-19-11-7-5-4-6-10-18-31-24-13-9-8-12-23(24)26(29)30/h8-9,12-17H,4-7,10-11,18-20H2,1-3H3/q+1. The Hall–Kier alpha value is -2.93. The van der Waals surface area contributed by atoms with Gasteiger partial charge in [0.1, 0.15) is 5.69 Å². The number of benzene rings is 2. The zero-order valence-corrected chi connectivity index (χ0v) is 19.4. The number of rotatable bonds is 14. The number of carbonyl (C=O) groups excluding carboxylic acids is 1. The molecular weight excluding hydrogens is 408 g/mol. The van der Waals surface area contributed by atoms with Crippen LogP contribution in [0.3, 0.4) is 0 Å². The molecule has 2 rings (SSSR count). The smallest absolute Gasteiger partial charge is 0.310 e. The van der Waals surface area contributed by atoms with Crippen LogP contribution in [-0.2, 0) is 16.0 Å². The van der Waals surface area contributed by atoms with Gasteiger partial charge in [0, 0.05) is 6.07 Å². The van der Waals surface area contributed by atoms with Gasteiger partial charge in [0.05, 0.1) is 45.7 Å². The highest BCUT2D eigenvalue weighted by Crippen LogP contribution is 2.26. The van der Waals surface area contributed by atoms with Crippen LogP contribution in [0.5, 0.6) is 5.75 Å². The molecule has 0 N–H and O–H groups in total. The number of ether oxygens (including phenoxy) is 2. The van der Waals surface area contributed by atoms with Crippen LogP contribution < -0.4 is 9.22 Å². The highest BCUT2D eigenvalue weighted by atomic mass is 16.6. The first kappa shape index (κ1) is 25.3. The first-order chi connectivity index (χ1) is 15.3. The van der Waals surface area contributed by atoms with E-state index in [2.05, 4.69) is 33.3 Å². The summed E-state index contributed by atoms with van der Waals surface area (Å²) in [4.78, 5) is 22.5. The lowest BCUT2D eigenvalue weighted by Gasteiger charge is -2.23. The van der Waals surface area contributed by atoms with Crippen molar-refractivity contribution in [3.63, 3.8) is 0 Å². The van der Waals surface area contributed by atoms with Crippen molar-refractivity contribution in [1.82, 2.24) is 4.48 Å². The van der Waals surface area contributed by atoms with E-state index in [0.717, 1.165) is 48.6 Å². The Balaban J connectivity index is 1.49. The van der Waals surface area contributed by atoms with Crippen molar-refractivity contribution in [2.24, 2.45) is 0 Å². The van der Waals surface area contributed by atoms with Crippen molar-refractivity contribution in [2.75, 3.05) is 34.4 Å². The molecule has 0 aromatic heterocycles. The molecule has 32 heavy (non-hydrogen) atoms. The second kappa shape index (κ2) is 12.8. The Bertz CT molecular complexity index is 859. The lowest BCUT2D eigenvalue weighted by molar-refractivity contribution is -0.385. The first-order valence-electron chi connectivity index (χ1n) is 11.2. The third kappa shape index (κ3) is 9.06. The molecule has 0 bridgehead atoms. The van der Waals surface area contributed by atoms with Gasteiger partial charge in [0.25, 0.3) is 0 Å². The molecule has 7 nitrogen and oxygen atoms in total. The maximum atomic E-state index is 12.0. The van der Waals surface area contributed by atoms with Gasteiger partial charge >= 0.3 is 11.7 Å². The van der Waals surface area contributed by atoms with Crippen molar-refractivity contribution in [1.29, 1.82) is 0 Å². The number of nitro groups is 1. The Morgan fingerprint density at radius 2 is 1.47 bits per heavy atom. The van der Waals surface area contributed by atoms with Crippen molar-refractivity contribution >= 4 is 17.3 Å². The molecule has 0 aliphatic rings. The fourth-order valence-corrected chi connectivity index (χ4v) is 3.29. The van der Waals surface area contributed by atoms with Gasteiger partial charge in [-0.2, -0.15) is 0 Å². The summed E-state index contributed by atoms with van der Waals surface area (Å²) in [6.45, 7) is 0.925. The normalized spacial score (nSPS) is 11.2.